The Morgan fingerprint density at radius 3 is 2.90 bits per heavy atom. The van der Waals surface area contributed by atoms with Gasteiger partial charge in [0.1, 0.15) is 5.75 Å². The monoisotopic (exact) mass is 278 g/mol. The van der Waals surface area contributed by atoms with Crippen LogP contribution in [-0.2, 0) is 4.79 Å². The average Bonchev–Trinajstić information content (AvgIpc) is 2.44. The Balaban J connectivity index is 1.87. The smallest absolute Gasteiger partial charge is 0.260 e. The van der Waals surface area contributed by atoms with Gasteiger partial charge < -0.3 is 20.5 Å². The van der Waals surface area contributed by atoms with Gasteiger partial charge in [0.2, 0.25) is 0 Å². The highest BCUT2D eigenvalue weighted by Crippen LogP contribution is 2.22. The van der Waals surface area contributed by atoms with Crippen LogP contribution < -0.4 is 10.5 Å². The molecule has 0 bridgehead atoms. The molecule has 0 aliphatic heterocycles. The Kier molecular flexibility index (Phi) is 4.84. The lowest BCUT2D eigenvalue weighted by atomic mass is 9.91. The molecule has 2 unspecified atom stereocenters. The summed E-state index contributed by atoms with van der Waals surface area (Å²) in [7, 11) is 1.73. The maximum Gasteiger partial charge on any atom is 0.260 e. The van der Waals surface area contributed by atoms with Gasteiger partial charge in [0.25, 0.3) is 5.91 Å². The third-order valence-corrected chi connectivity index (χ3v) is 3.81. The van der Waals surface area contributed by atoms with Crippen molar-refractivity contribution in [3.63, 3.8) is 0 Å². The average molecular weight is 278 g/mol. The maximum absolute atomic E-state index is 12.1. The second kappa shape index (κ2) is 6.61. The van der Waals surface area contributed by atoms with Crippen LogP contribution in [0.15, 0.2) is 24.3 Å². The molecule has 110 valence electrons. The third-order valence-electron chi connectivity index (χ3n) is 3.81. The highest BCUT2D eigenvalue weighted by molar-refractivity contribution is 5.78. The largest absolute Gasteiger partial charge is 0.484 e. The molecule has 3 N–H and O–H groups in total. The molecule has 0 radical (unpaired) electrons. The number of anilines is 1. The minimum Gasteiger partial charge on any atom is -0.484 e. The van der Waals surface area contributed by atoms with Crippen molar-refractivity contribution in [2.75, 3.05) is 19.4 Å². The minimum absolute atomic E-state index is 0.0385. The molecule has 1 fully saturated rings. The van der Waals surface area contributed by atoms with Crippen LogP contribution in [0.3, 0.4) is 0 Å². The number of aliphatic hydroxyl groups excluding tert-OH is 1. The first kappa shape index (κ1) is 14.7. The Hall–Kier alpha value is -1.75. The minimum atomic E-state index is -0.426. The van der Waals surface area contributed by atoms with Crippen molar-refractivity contribution < 1.29 is 14.6 Å². The zero-order chi connectivity index (χ0) is 14.5. The van der Waals surface area contributed by atoms with E-state index in [1.807, 2.05) is 0 Å². The number of hydrogen-bond donors (Lipinski definition) is 2. The molecule has 2 rings (SSSR count). The molecule has 20 heavy (non-hydrogen) atoms. The zero-order valence-corrected chi connectivity index (χ0v) is 11.8. The fourth-order valence-electron chi connectivity index (χ4n) is 2.58. The summed E-state index contributed by atoms with van der Waals surface area (Å²) < 4.78 is 5.44. The molecule has 1 aromatic rings. The number of nitrogens with two attached hydrogens (primary N) is 1. The highest BCUT2D eigenvalue weighted by atomic mass is 16.5. The molecule has 1 saturated carbocycles. The van der Waals surface area contributed by atoms with Gasteiger partial charge in [-0.3, -0.25) is 4.79 Å². The Labute approximate surface area is 119 Å². The van der Waals surface area contributed by atoms with Gasteiger partial charge in [-0.2, -0.15) is 0 Å². The number of carbonyl (C=O) groups is 1. The van der Waals surface area contributed by atoms with Crippen molar-refractivity contribution in [1.82, 2.24) is 4.90 Å². The number of aliphatic hydroxyl groups is 1. The van der Waals surface area contributed by atoms with Crippen LogP contribution in [0.4, 0.5) is 5.69 Å². The molecule has 0 spiro atoms. The molecule has 1 aliphatic rings. The molecule has 1 aliphatic carbocycles. The number of benzene rings is 1. The number of rotatable bonds is 4. The quantitative estimate of drug-likeness (QED) is 0.817. The fourth-order valence-corrected chi connectivity index (χ4v) is 2.58. The summed E-state index contributed by atoms with van der Waals surface area (Å²) in [4.78, 5) is 13.7. The van der Waals surface area contributed by atoms with Gasteiger partial charge in [-0.1, -0.05) is 18.9 Å². The molecule has 0 heterocycles. The van der Waals surface area contributed by atoms with E-state index in [9.17, 15) is 9.90 Å². The van der Waals surface area contributed by atoms with Crippen molar-refractivity contribution >= 4 is 11.6 Å². The second-order valence-electron chi connectivity index (χ2n) is 5.28. The molecule has 0 aromatic heterocycles. The predicted octanol–water partition coefficient (Wildman–Crippen LogP) is 1.41. The van der Waals surface area contributed by atoms with Crippen LogP contribution in [0.25, 0.3) is 0 Å². The van der Waals surface area contributed by atoms with Gasteiger partial charge in [-0.05, 0) is 25.0 Å². The van der Waals surface area contributed by atoms with Crippen LogP contribution in [0.2, 0.25) is 0 Å². The summed E-state index contributed by atoms with van der Waals surface area (Å²) >= 11 is 0. The Bertz CT molecular complexity index is 464. The molecular weight excluding hydrogens is 256 g/mol. The van der Waals surface area contributed by atoms with Gasteiger partial charge in [0, 0.05) is 18.8 Å². The van der Waals surface area contributed by atoms with Crippen LogP contribution in [-0.4, -0.2) is 41.7 Å². The summed E-state index contributed by atoms with van der Waals surface area (Å²) in [6.45, 7) is -0.0385. The molecule has 1 amide bonds. The van der Waals surface area contributed by atoms with E-state index in [0.29, 0.717) is 11.4 Å². The number of ether oxygens (including phenoxy) is 1. The molecule has 0 saturated heterocycles. The summed E-state index contributed by atoms with van der Waals surface area (Å²) in [6.07, 6.45) is 3.26. The first-order valence-corrected chi connectivity index (χ1v) is 7.00. The molecular formula is C15H22N2O3. The van der Waals surface area contributed by atoms with E-state index < -0.39 is 6.10 Å². The Morgan fingerprint density at radius 1 is 1.45 bits per heavy atom. The van der Waals surface area contributed by atoms with Crippen molar-refractivity contribution in [3.05, 3.63) is 24.3 Å². The summed E-state index contributed by atoms with van der Waals surface area (Å²) in [5.74, 6) is 0.453. The van der Waals surface area contributed by atoms with E-state index in [1.54, 1.807) is 36.2 Å². The maximum atomic E-state index is 12.1. The van der Waals surface area contributed by atoms with E-state index in [1.165, 1.54) is 0 Å². The number of nitrogens with zero attached hydrogens (tertiary/aromatic N) is 1. The van der Waals surface area contributed by atoms with E-state index in [-0.39, 0.29) is 18.6 Å². The topological polar surface area (TPSA) is 75.8 Å². The van der Waals surface area contributed by atoms with E-state index in [0.717, 1.165) is 25.7 Å². The molecule has 5 nitrogen and oxygen atoms in total. The van der Waals surface area contributed by atoms with Crippen LogP contribution in [0, 0.1) is 0 Å². The molecule has 1 aromatic carbocycles. The van der Waals surface area contributed by atoms with Gasteiger partial charge in [-0.15, -0.1) is 0 Å². The number of amides is 1. The first-order valence-electron chi connectivity index (χ1n) is 7.00. The molecule has 2 atom stereocenters. The van der Waals surface area contributed by atoms with Gasteiger partial charge in [0.15, 0.2) is 6.61 Å². The van der Waals surface area contributed by atoms with Gasteiger partial charge in [0.05, 0.1) is 12.1 Å². The highest BCUT2D eigenvalue weighted by Gasteiger charge is 2.29. The predicted molar refractivity (Wildman–Crippen MR) is 77.4 cm³/mol. The van der Waals surface area contributed by atoms with Crippen LogP contribution >= 0.6 is 0 Å². The van der Waals surface area contributed by atoms with Gasteiger partial charge in [-0.25, -0.2) is 0 Å². The Morgan fingerprint density at radius 2 is 2.20 bits per heavy atom. The lowest BCUT2D eigenvalue weighted by molar-refractivity contribution is -0.137. The van der Waals surface area contributed by atoms with Crippen molar-refractivity contribution in [2.45, 2.75) is 37.8 Å². The SMILES string of the molecule is CN(C(=O)COc1cccc(N)c1)C1CCCCC1O. The first-order chi connectivity index (χ1) is 9.58. The number of hydrogen-bond acceptors (Lipinski definition) is 4. The van der Waals surface area contributed by atoms with Crippen LogP contribution in [0.5, 0.6) is 5.75 Å². The lowest BCUT2D eigenvalue weighted by Gasteiger charge is -2.35. The lowest BCUT2D eigenvalue weighted by Crippen LogP contribution is -2.47. The van der Waals surface area contributed by atoms with E-state index in [2.05, 4.69) is 0 Å². The number of nitrogen functional groups attached to an aromatic ring is 1. The standard InChI is InChI=1S/C15H22N2O3/c1-17(13-7-2-3-8-14(13)18)15(19)10-20-12-6-4-5-11(16)9-12/h4-6,9,13-14,18H,2-3,7-8,10,16H2,1H3. The van der Waals surface area contributed by atoms with Crippen molar-refractivity contribution in [2.24, 2.45) is 0 Å². The number of carbonyl (C=O) groups excluding carboxylic acids is 1. The zero-order valence-electron chi connectivity index (χ0n) is 11.8. The van der Waals surface area contributed by atoms with Gasteiger partial charge >= 0.3 is 0 Å². The second-order valence-corrected chi connectivity index (χ2v) is 5.28. The summed E-state index contributed by atoms with van der Waals surface area (Å²) in [5, 5.41) is 9.96. The van der Waals surface area contributed by atoms with E-state index in [4.69, 9.17) is 10.5 Å². The summed E-state index contributed by atoms with van der Waals surface area (Å²) in [5.41, 5.74) is 6.25. The van der Waals surface area contributed by atoms with E-state index >= 15 is 0 Å². The normalized spacial score (nSPS) is 22.3. The van der Waals surface area contributed by atoms with Crippen LogP contribution in [0.1, 0.15) is 25.7 Å². The number of likely N-dealkylation sites (N-methyl/N-ethyl adjacent to an activating group) is 1. The van der Waals surface area contributed by atoms with Crippen molar-refractivity contribution in [1.29, 1.82) is 0 Å². The third kappa shape index (κ3) is 3.63. The molecule has 5 heteroatoms. The fraction of sp³-hybridized carbons (Fsp3) is 0.533. The summed E-state index contributed by atoms with van der Waals surface area (Å²) in [6, 6.07) is 6.89. The van der Waals surface area contributed by atoms with Crippen molar-refractivity contribution in [3.8, 4) is 5.75 Å².